The highest BCUT2D eigenvalue weighted by molar-refractivity contribution is 4.64. The average Bonchev–Trinajstić information content (AvgIpc) is 1.96. The third-order valence-electron chi connectivity index (χ3n) is 1.68. The second-order valence-electron chi connectivity index (χ2n) is 4.57. The van der Waals surface area contributed by atoms with Crippen molar-refractivity contribution < 1.29 is 4.74 Å². The van der Waals surface area contributed by atoms with E-state index in [1.54, 1.807) is 0 Å². The second kappa shape index (κ2) is 5.58. The Morgan fingerprint density at radius 2 is 1.92 bits per heavy atom. The second-order valence-corrected chi connectivity index (χ2v) is 4.57. The van der Waals surface area contributed by atoms with Crippen molar-refractivity contribution in [2.45, 2.75) is 53.1 Å². The first kappa shape index (κ1) is 12.0. The lowest BCUT2D eigenvalue weighted by Gasteiger charge is -2.23. The van der Waals surface area contributed by atoms with Gasteiger partial charge >= 0.3 is 0 Å². The zero-order chi connectivity index (χ0) is 9.61. The molecular weight excluding hydrogens is 148 g/mol. The van der Waals surface area contributed by atoms with Gasteiger partial charge in [0.15, 0.2) is 0 Å². The zero-order valence-electron chi connectivity index (χ0n) is 9.02. The summed E-state index contributed by atoms with van der Waals surface area (Å²) < 4.78 is 5.73. The van der Waals surface area contributed by atoms with Gasteiger partial charge in [0.2, 0.25) is 0 Å². The molecule has 1 unspecified atom stereocenters. The van der Waals surface area contributed by atoms with E-state index in [4.69, 9.17) is 4.74 Å². The predicted octanol–water partition coefficient (Wildman–Crippen LogP) is 3.44. The van der Waals surface area contributed by atoms with Crippen LogP contribution in [0.2, 0.25) is 0 Å². The standard InChI is InChI=1S/C11H23O/c1-6-8-10(7-2)12-9-11(3,4)5/h10H,2,6-9H2,1,3-5H3. The first-order chi connectivity index (χ1) is 5.49. The van der Waals surface area contributed by atoms with Crippen LogP contribution in [0.25, 0.3) is 0 Å². The van der Waals surface area contributed by atoms with Gasteiger partial charge in [-0.2, -0.15) is 0 Å². The summed E-state index contributed by atoms with van der Waals surface area (Å²) in [4.78, 5) is 0. The van der Waals surface area contributed by atoms with Crippen molar-refractivity contribution in [3.63, 3.8) is 0 Å². The van der Waals surface area contributed by atoms with E-state index in [-0.39, 0.29) is 5.41 Å². The highest BCUT2D eigenvalue weighted by Crippen LogP contribution is 2.16. The molecule has 73 valence electrons. The van der Waals surface area contributed by atoms with Gasteiger partial charge in [-0.3, -0.25) is 0 Å². The maximum atomic E-state index is 5.73. The molecule has 0 aliphatic heterocycles. The van der Waals surface area contributed by atoms with Crippen molar-refractivity contribution >= 4 is 0 Å². The maximum absolute atomic E-state index is 5.73. The largest absolute Gasteiger partial charge is 0.378 e. The summed E-state index contributed by atoms with van der Waals surface area (Å²) in [5.41, 5.74) is 0.279. The molecule has 12 heavy (non-hydrogen) atoms. The van der Waals surface area contributed by atoms with E-state index in [0.29, 0.717) is 6.10 Å². The lowest BCUT2D eigenvalue weighted by molar-refractivity contribution is 0.00545. The summed E-state index contributed by atoms with van der Waals surface area (Å²) in [6.07, 6.45) is 3.59. The van der Waals surface area contributed by atoms with E-state index >= 15 is 0 Å². The molecule has 0 amide bonds. The highest BCUT2D eigenvalue weighted by Gasteiger charge is 2.13. The molecule has 0 aromatic heterocycles. The Morgan fingerprint density at radius 3 is 2.25 bits per heavy atom. The van der Waals surface area contributed by atoms with Crippen LogP contribution in [0.3, 0.4) is 0 Å². The Labute approximate surface area is 77.5 Å². The van der Waals surface area contributed by atoms with Gasteiger partial charge < -0.3 is 4.74 Å². The molecule has 0 heterocycles. The van der Waals surface area contributed by atoms with Crippen LogP contribution in [-0.2, 0) is 4.74 Å². The molecule has 0 aliphatic rings. The van der Waals surface area contributed by atoms with Crippen LogP contribution in [0.1, 0.15) is 47.0 Å². The van der Waals surface area contributed by atoms with Crippen LogP contribution in [0.4, 0.5) is 0 Å². The van der Waals surface area contributed by atoms with Crippen LogP contribution in [-0.4, -0.2) is 12.7 Å². The number of hydrogen-bond donors (Lipinski definition) is 0. The molecule has 0 aromatic carbocycles. The van der Waals surface area contributed by atoms with Crippen LogP contribution < -0.4 is 0 Å². The summed E-state index contributed by atoms with van der Waals surface area (Å²) in [5.74, 6) is 0. The van der Waals surface area contributed by atoms with E-state index in [9.17, 15) is 0 Å². The van der Waals surface area contributed by atoms with Crippen molar-refractivity contribution in [2.24, 2.45) is 5.41 Å². The van der Waals surface area contributed by atoms with E-state index < -0.39 is 0 Å². The summed E-state index contributed by atoms with van der Waals surface area (Å²) in [5, 5.41) is 0. The monoisotopic (exact) mass is 171 g/mol. The third kappa shape index (κ3) is 6.66. The topological polar surface area (TPSA) is 9.23 Å². The number of hydrogen-bond acceptors (Lipinski definition) is 1. The predicted molar refractivity (Wildman–Crippen MR) is 54.1 cm³/mol. The molecule has 0 spiro atoms. The Bertz CT molecular complexity index is 102. The van der Waals surface area contributed by atoms with Crippen LogP contribution in [0, 0.1) is 12.3 Å². The Hall–Kier alpha value is -0.0400. The first-order valence-electron chi connectivity index (χ1n) is 4.90. The number of ether oxygens (including phenoxy) is 1. The quantitative estimate of drug-likeness (QED) is 0.615. The Kier molecular flexibility index (Phi) is 5.56. The zero-order valence-corrected chi connectivity index (χ0v) is 9.02. The summed E-state index contributed by atoms with van der Waals surface area (Å²) in [7, 11) is 0. The lowest BCUT2D eigenvalue weighted by Crippen LogP contribution is -2.21. The van der Waals surface area contributed by atoms with Gasteiger partial charge in [-0.25, -0.2) is 0 Å². The molecule has 0 aliphatic carbocycles. The van der Waals surface area contributed by atoms with Crippen molar-refractivity contribution in [3.05, 3.63) is 6.92 Å². The fourth-order valence-electron chi connectivity index (χ4n) is 1.00. The van der Waals surface area contributed by atoms with Gasteiger partial charge in [-0.15, -0.1) is 0 Å². The van der Waals surface area contributed by atoms with Crippen molar-refractivity contribution in [1.82, 2.24) is 0 Å². The minimum absolute atomic E-state index is 0.279. The molecule has 0 aromatic rings. The first-order valence-corrected chi connectivity index (χ1v) is 4.90. The minimum Gasteiger partial charge on any atom is -0.378 e. The fourth-order valence-corrected chi connectivity index (χ4v) is 1.00. The molecule has 1 radical (unpaired) electrons. The van der Waals surface area contributed by atoms with E-state index in [1.807, 2.05) is 0 Å². The molecule has 0 fully saturated rings. The van der Waals surface area contributed by atoms with Gasteiger partial charge in [0.05, 0.1) is 12.7 Å². The van der Waals surface area contributed by atoms with Gasteiger partial charge in [-0.05, 0) is 18.3 Å². The van der Waals surface area contributed by atoms with Gasteiger partial charge in [0, 0.05) is 0 Å². The van der Waals surface area contributed by atoms with Gasteiger partial charge in [0.25, 0.3) is 0 Å². The van der Waals surface area contributed by atoms with E-state index in [2.05, 4.69) is 34.6 Å². The summed E-state index contributed by atoms with van der Waals surface area (Å²) in [6.45, 7) is 13.5. The normalized spacial score (nSPS) is 14.8. The van der Waals surface area contributed by atoms with E-state index in [1.165, 1.54) is 6.42 Å². The highest BCUT2D eigenvalue weighted by atomic mass is 16.5. The minimum atomic E-state index is 0.279. The summed E-state index contributed by atoms with van der Waals surface area (Å²) >= 11 is 0. The molecule has 1 atom stereocenters. The molecule has 0 bridgehead atoms. The van der Waals surface area contributed by atoms with E-state index in [0.717, 1.165) is 19.4 Å². The van der Waals surface area contributed by atoms with Crippen molar-refractivity contribution in [3.8, 4) is 0 Å². The summed E-state index contributed by atoms with van der Waals surface area (Å²) in [6, 6.07) is 0. The molecule has 0 rings (SSSR count). The molecule has 0 saturated carbocycles. The fraction of sp³-hybridized carbons (Fsp3) is 0.909. The number of rotatable bonds is 5. The molecule has 0 saturated heterocycles. The molecular formula is C11H23O. The molecule has 1 heteroatoms. The smallest absolute Gasteiger partial charge is 0.0575 e. The van der Waals surface area contributed by atoms with Crippen LogP contribution >= 0.6 is 0 Å². The maximum Gasteiger partial charge on any atom is 0.0575 e. The molecule has 0 N–H and O–H groups in total. The Balaban J connectivity index is 3.58. The van der Waals surface area contributed by atoms with Crippen molar-refractivity contribution in [1.29, 1.82) is 0 Å². The SMILES string of the molecule is [CH2]CC(CCC)OCC(C)(C)C. The molecule has 1 nitrogen and oxygen atoms in total. The average molecular weight is 171 g/mol. The van der Waals surface area contributed by atoms with Crippen LogP contribution in [0.15, 0.2) is 0 Å². The van der Waals surface area contributed by atoms with Gasteiger partial charge in [-0.1, -0.05) is 41.0 Å². The lowest BCUT2D eigenvalue weighted by atomic mass is 9.98. The Morgan fingerprint density at radius 1 is 1.33 bits per heavy atom. The third-order valence-corrected chi connectivity index (χ3v) is 1.68. The van der Waals surface area contributed by atoms with Crippen LogP contribution in [0.5, 0.6) is 0 Å². The van der Waals surface area contributed by atoms with Crippen molar-refractivity contribution in [2.75, 3.05) is 6.61 Å². The van der Waals surface area contributed by atoms with Gasteiger partial charge in [0.1, 0.15) is 0 Å².